The van der Waals surface area contributed by atoms with E-state index in [9.17, 15) is 9.59 Å². The predicted octanol–water partition coefficient (Wildman–Crippen LogP) is 3.11. The van der Waals surface area contributed by atoms with Gasteiger partial charge in [-0.25, -0.2) is 0 Å². The molecule has 0 unspecified atom stereocenters. The molecular formula is C14H14ClN3O4S2. The molecule has 0 bridgehead atoms. The van der Waals surface area contributed by atoms with E-state index in [-0.39, 0.29) is 17.6 Å². The van der Waals surface area contributed by atoms with Gasteiger partial charge in [-0.3, -0.25) is 14.9 Å². The van der Waals surface area contributed by atoms with Crippen molar-refractivity contribution in [2.75, 3.05) is 24.8 Å². The molecule has 1 N–H and O–H groups in total. The third-order valence-electron chi connectivity index (χ3n) is 2.66. The van der Waals surface area contributed by atoms with Crippen molar-refractivity contribution < 1.29 is 19.1 Å². The van der Waals surface area contributed by atoms with Gasteiger partial charge in [0.05, 0.1) is 24.5 Å². The normalized spacial score (nSPS) is 10.3. The van der Waals surface area contributed by atoms with Gasteiger partial charge in [-0.15, -0.1) is 10.2 Å². The van der Waals surface area contributed by atoms with E-state index in [1.54, 1.807) is 12.1 Å². The number of hydrogen-bond acceptors (Lipinski definition) is 8. The molecule has 7 nitrogen and oxygen atoms in total. The molecule has 1 aromatic heterocycles. The molecule has 24 heavy (non-hydrogen) atoms. The maximum atomic E-state index is 12.2. The van der Waals surface area contributed by atoms with Crippen LogP contribution >= 0.6 is 34.7 Å². The summed E-state index contributed by atoms with van der Waals surface area (Å²) in [6.07, 6.45) is 0. The zero-order chi connectivity index (χ0) is 17.5. The molecule has 0 saturated carbocycles. The molecule has 1 aromatic carbocycles. The Morgan fingerprint density at radius 1 is 1.38 bits per heavy atom. The van der Waals surface area contributed by atoms with Gasteiger partial charge in [0.15, 0.2) is 4.34 Å². The second-order valence-electron chi connectivity index (χ2n) is 4.27. The second kappa shape index (κ2) is 8.86. The van der Waals surface area contributed by atoms with Crippen molar-refractivity contribution in [3.05, 3.63) is 28.8 Å². The van der Waals surface area contributed by atoms with E-state index in [0.29, 0.717) is 32.4 Å². The van der Waals surface area contributed by atoms with E-state index in [0.717, 1.165) is 0 Å². The fourth-order valence-electron chi connectivity index (χ4n) is 1.58. The number of ether oxygens (including phenoxy) is 2. The molecule has 0 aliphatic carbocycles. The lowest BCUT2D eigenvalue weighted by molar-refractivity contribution is -0.137. The third-order valence-corrected chi connectivity index (χ3v) is 4.90. The lowest BCUT2D eigenvalue weighted by atomic mass is 10.2. The van der Waals surface area contributed by atoms with Crippen molar-refractivity contribution in [1.29, 1.82) is 0 Å². The quantitative estimate of drug-likeness (QED) is 0.443. The molecule has 2 rings (SSSR count). The van der Waals surface area contributed by atoms with Gasteiger partial charge in [0.25, 0.3) is 5.91 Å². The van der Waals surface area contributed by atoms with Crippen molar-refractivity contribution in [2.24, 2.45) is 0 Å². The zero-order valence-corrected chi connectivity index (χ0v) is 15.3. The zero-order valence-electron chi connectivity index (χ0n) is 12.9. The van der Waals surface area contributed by atoms with Gasteiger partial charge in [0.2, 0.25) is 5.13 Å². The van der Waals surface area contributed by atoms with Crippen molar-refractivity contribution in [3.63, 3.8) is 0 Å². The number of anilines is 1. The molecule has 0 aliphatic heterocycles. The van der Waals surface area contributed by atoms with Crippen LogP contribution in [0.5, 0.6) is 5.75 Å². The van der Waals surface area contributed by atoms with E-state index in [1.165, 1.54) is 36.3 Å². The molecular weight excluding hydrogens is 374 g/mol. The first-order chi connectivity index (χ1) is 11.5. The summed E-state index contributed by atoms with van der Waals surface area (Å²) in [4.78, 5) is 23.3. The van der Waals surface area contributed by atoms with Gasteiger partial charge in [-0.1, -0.05) is 34.7 Å². The molecule has 1 amide bonds. The minimum atomic E-state index is -0.361. The van der Waals surface area contributed by atoms with Gasteiger partial charge in [0, 0.05) is 5.56 Å². The number of carbonyl (C=O) groups excluding carboxylic acids is 2. The highest BCUT2D eigenvalue weighted by molar-refractivity contribution is 8.01. The Bertz CT molecular complexity index is 739. The minimum absolute atomic E-state index is 0.133. The van der Waals surface area contributed by atoms with Crippen molar-refractivity contribution in [2.45, 2.75) is 11.3 Å². The van der Waals surface area contributed by atoms with E-state index in [1.807, 2.05) is 6.92 Å². The minimum Gasteiger partial charge on any atom is -0.492 e. The van der Waals surface area contributed by atoms with Crippen LogP contribution in [0.1, 0.15) is 17.3 Å². The maximum Gasteiger partial charge on any atom is 0.316 e. The van der Waals surface area contributed by atoms with Gasteiger partial charge >= 0.3 is 5.97 Å². The number of methoxy groups -OCH3 is 1. The number of rotatable bonds is 7. The average molecular weight is 388 g/mol. The van der Waals surface area contributed by atoms with Crippen LogP contribution < -0.4 is 10.1 Å². The Balaban J connectivity index is 1.98. The molecule has 0 fully saturated rings. The molecule has 0 spiro atoms. The summed E-state index contributed by atoms with van der Waals surface area (Å²) in [5, 5.41) is 11.1. The highest BCUT2D eigenvalue weighted by Crippen LogP contribution is 2.28. The fraction of sp³-hybridized carbons (Fsp3) is 0.286. The Hall–Kier alpha value is -1.84. The van der Waals surface area contributed by atoms with Crippen LogP contribution in [0, 0.1) is 0 Å². The molecule has 1 heterocycles. The van der Waals surface area contributed by atoms with E-state index >= 15 is 0 Å². The lowest BCUT2D eigenvalue weighted by Crippen LogP contribution is -2.11. The number of carbonyl (C=O) groups is 2. The number of aromatic nitrogens is 2. The number of nitrogens with one attached hydrogen (secondary N) is 1. The molecule has 0 atom stereocenters. The van der Waals surface area contributed by atoms with Crippen LogP contribution in [0.2, 0.25) is 5.02 Å². The van der Waals surface area contributed by atoms with Gasteiger partial charge < -0.3 is 9.47 Å². The molecule has 0 radical (unpaired) electrons. The molecule has 0 saturated heterocycles. The number of thioether (sulfide) groups is 1. The highest BCUT2D eigenvalue weighted by Gasteiger charge is 2.13. The van der Waals surface area contributed by atoms with Crippen molar-refractivity contribution >= 4 is 51.7 Å². The predicted molar refractivity (Wildman–Crippen MR) is 93.2 cm³/mol. The summed E-state index contributed by atoms with van der Waals surface area (Å²) in [6.45, 7) is 2.34. The fourth-order valence-corrected chi connectivity index (χ4v) is 3.40. The number of nitrogens with zero attached hydrogens (tertiary/aromatic N) is 2. The lowest BCUT2D eigenvalue weighted by Gasteiger charge is -2.07. The van der Waals surface area contributed by atoms with Crippen LogP contribution in [0.4, 0.5) is 5.13 Å². The smallest absolute Gasteiger partial charge is 0.316 e. The van der Waals surface area contributed by atoms with Crippen LogP contribution in [0.3, 0.4) is 0 Å². The Morgan fingerprint density at radius 3 is 2.83 bits per heavy atom. The number of benzene rings is 1. The van der Waals surface area contributed by atoms with Crippen LogP contribution in [-0.2, 0) is 9.53 Å². The van der Waals surface area contributed by atoms with Crippen molar-refractivity contribution in [1.82, 2.24) is 10.2 Å². The van der Waals surface area contributed by atoms with Crippen LogP contribution in [0.25, 0.3) is 0 Å². The maximum absolute atomic E-state index is 12.2. The summed E-state index contributed by atoms with van der Waals surface area (Å²) < 4.78 is 10.4. The third kappa shape index (κ3) is 5.08. The molecule has 2 aromatic rings. The van der Waals surface area contributed by atoms with Gasteiger partial charge in [-0.2, -0.15) is 0 Å². The average Bonchev–Trinajstić information content (AvgIpc) is 3.02. The highest BCUT2D eigenvalue weighted by atomic mass is 35.5. The first-order valence-corrected chi connectivity index (χ1v) is 8.98. The van der Waals surface area contributed by atoms with Crippen LogP contribution in [0.15, 0.2) is 22.5 Å². The topological polar surface area (TPSA) is 90.4 Å². The summed E-state index contributed by atoms with van der Waals surface area (Å²) in [6, 6.07) is 4.77. The SMILES string of the molecule is CCOc1ccc(C(=O)Nc2nnc(SCC(=O)OC)s2)cc1Cl. The number of hydrogen-bond donors (Lipinski definition) is 1. The molecule has 10 heteroatoms. The Labute approximate surface area is 151 Å². The van der Waals surface area contributed by atoms with E-state index < -0.39 is 0 Å². The first kappa shape index (κ1) is 18.5. The summed E-state index contributed by atoms with van der Waals surface area (Å²) in [5.74, 6) is -0.0633. The Morgan fingerprint density at radius 2 is 2.17 bits per heavy atom. The van der Waals surface area contributed by atoms with E-state index in [4.69, 9.17) is 16.3 Å². The summed E-state index contributed by atoms with van der Waals surface area (Å²) >= 11 is 8.42. The second-order valence-corrected chi connectivity index (χ2v) is 6.88. The summed E-state index contributed by atoms with van der Waals surface area (Å²) in [5.41, 5.74) is 0.377. The largest absolute Gasteiger partial charge is 0.492 e. The standard InChI is InChI=1S/C14H14ClN3O4S2/c1-3-22-10-5-4-8(6-9(10)15)12(20)16-13-17-18-14(24-13)23-7-11(19)21-2/h4-6H,3,7H2,1-2H3,(H,16,17,20). The number of amides is 1. The van der Waals surface area contributed by atoms with Gasteiger partial charge in [-0.05, 0) is 25.1 Å². The molecule has 0 aliphatic rings. The monoisotopic (exact) mass is 387 g/mol. The van der Waals surface area contributed by atoms with Crippen molar-refractivity contribution in [3.8, 4) is 5.75 Å². The summed E-state index contributed by atoms with van der Waals surface area (Å²) in [7, 11) is 1.32. The number of halogens is 1. The number of esters is 1. The molecule has 128 valence electrons. The van der Waals surface area contributed by atoms with Crippen LogP contribution in [-0.4, -0.2) is 41.5 Å². The van der Waals surface area contributed by atoms with Gasteiger partial charge in [0.1, 0.15) is 5.75 Å². The Kier molecular flexibility index (Phi) is 6.83. The van der Waals surface area contributed by atoms with E-state index in [2.05, 4.69) is 20.3 Å². The first-order valence-electron chi connectivity index (χ1n) is 6.80.